The van der Waals surface area contributed by atoms with Crippen molar-refractivity contribution in [3.8, 4) is 5.75 Å². The largest absolute Gasteiger partial charge is 0.489 e. The molecule has 0 saturated heterocycles. The first-order chi connectivity index (χ1) is 11.6. The molecule has 2 aromatic carbocycles. The molecule has 0 unspecified atom stereocenters. The van der Waals surface area contributed by atoms with Crippen LogP contribution in [-0.4, -0.2) is 26.2 Å². The molecular formula is C19H20O5. The van der Waals surface area contributed by atoms with Gasteiger partial charge in [-0.15, -0.1) is 0 Å². The Bertz CT molecular complexity index is 658. The maximum absolute atomic E-state index is 11.5. The van der Waals surface area contributed by atoms with Gasteiger partial charge in [0.25, 0.3) is 0 Å². The summed E-state index contributed by atoms with van der Waals surface area (Å²) in [6.45, 7) is 0.403. The average Bonchev–Trinajstić information content (AvgIpc) is 2.60. The standard InChI is InChI=1S/C19H20O5/c1-22-18(20)11-15-8-16(12-19(21)23-2)10-17(9-15)24-13-14-6-4-3-5-7-14/h3-10H,11-13H2,1-2H3. The minimum Gasteiger partial charge on any atom is -0.489 e. The Morgan fingerprint density at radius 1 is 0.792 bits per heavy atom. The number of ether oxygens (including phenoxy) is 3. The monoisotopic (exact) mass is 328 g/mol. The summed E-state index contributed by atoms with van der Waals surface area (Å²) in [5.41, 5.74) is 2.49. The highest BCUT2D eigenvalue weighted by molar-refractivity contribution is 5.74. The van der Waals surface area contributed by atoms with Crippen LogP contribution < -0.4 is 4.74 Å². The summed E-state index contributed by atoms with van der Waals surface area (Å²) in [7, 11) is 2.68. The molecule has 2 rings (SSSR count). The fourth-order valence-corrected chi connectivity index (χ4v) is 2.23. The molecule has 0 N–H and O–H groups in total. The van der Waals surface area contributed by atoms with Gasteiger partial charge in [-0.1, -0.05) is 36.4 Å². The van der Waals surface area contributed by atoms with E-state index in [1.807, 2.05) is 30.3 Å². The van der Waals surface area contributed by atoms with Crippen molar-refractivity contribution in [2.45, 2.75) is 19.4 Å². The molecule has 24 heavy (non-hydrogen) atoms. The van der Waals surface area contributed by atoms with Crippen LogP contribution in [0.4, 0.5) is 0 Å². The Morgan fingerprint density at radius 3 is 1.83 bits per heavy atom. The van der Waals surface area contributed by atoms with Gasteiger partial charge in [-0.2, -0.15) is 0 Å². The van der Waals surface area contributed by atoms with E-state index in [-0.39, 0.29) is 24.8 Å². The van der Waals surface area contributed by atoms with Crippen LogP contribution in [0.2, 0.25) is 0 Å². The van der Waals surface area contributed by atoms with Crippen LogP contribution in [0.5, 0.6) is 5.75 Å². The molecule has 0 atom stereocenters. The molecule has 0 bridgehead atoms. The van der Waals surface area contributed by atoms with E-state index >= 15 is 0 Å². The predicted molar refractivity (Wildman–Crippen MR) is 88.7 cm³/mol. The SMILES string of the molecule is COC(=O)Cc1cc(CC(=O)OC)cc(OCc2ccccc2)c1. The van der Waals surface area contributed by atoms with Crippen LogP contribution in [-0.2, 0) is 38.5 Å². The van der Waals surface area contributed by atoms with Gasteiger partial charge in [0.2, 0.25) is 0 Å². The van der Waals surface area contributed by atoms with Gasteiger partial charge in [-0.05, 0) is 28.8 Å². The van der Waals surface area contributed by atoms with Gasteiger partial charge in [-0.25, -0.2) is 0 Å². The second kappa shape index (κ2) is 8.72. The number of benzene rings is 2. The molecule has 0 aliphatic heterocycles. The Morgan fingerprint density at radius 2 is 1.33 bits per heavy atom. The Labute approximate surface area is 141 Å². The third kappa shape index (κ3) is 5.43. The molecule has 0 saturated carbocycles. The van der Waals surface area contributed by atoms with Crippen molar-refractivity contribution in [1.29, 1.82) is 0 Å². The van der Waals surface area contributed by atoms with Crippen LogP contribution in [0, 0.1) is 0 Å². The number of rotatable bonds is 7. The van der Waals surface area contributed by atoms with Crippen molar-refractivity contribution >= 4 is 11.9 Å². The topological polar surface area (TPSA) is 61.8 Å². The third-order valence-corrected chi connectivity index (χ3v) is 3.43. The lowest BCUT2D eigenvalue weighted by molar-refractivity contribution is -0.140. The van der Waals surface area contributed by atoms with Crippen LogP contribution >= 0.6 is 0 Å². The summed E-state index contributed by atoms with van der Waals surface area (Å²) in [6.07, 6.45) is 0.237. The maximum atomic E-state index is 11.5. The van der Waals surface area contributed by atoms with Gasteiger partial charge in [-0.3, -0.25) is 9.59 Å². The van der Waals surface area contributed by atoms with Crippen molar-refractivity contribution < 1.29 is 23.8 Å². The molecule has 0 amide bonds. The second-order valence-corrected chi connectivity index (χ2v) is 5.27. The summed E-state index contributed by atoms with van der Waals surface area (Å²) in [4.78, 5) is 23.0. The molecule has 0 fully saturated rings. The normalized spacial score (nSPS) is 10.1. The lowest BCUT2D eigenvalue weighted by Gasteiger charge is -2.11. The number of hydrogen-bond donors (Lipinski definition) is 0. The van der Waals surface area contributed by atoms with Gasteiger partial charge in [0.15, 0.2) is 0 Å². The lowest BCUT2D eigenvalue weighted by Crippen LogP contribution is -2.08. The minimum atomic E-state index is -0.348. The zero-order valence-corrected chi connectivity index (χ0v) is 13.8. The third-order valence-electron chi connectivity index (χ3n) is 3.43. The zero-order chi connectivity index (χ0) is 17.4. The minimum absolute atomic E-state index is 0.118. The summed E-state index contributed by atoms with van der Waals surface area (Å²) in [5.74, 6) is -0.0994. The number of hydrogen-bond acceptors (Lipinski definition) is 5. The zero-order valence-electron chi connectivity index (χ0n) is 13.8. The van der Waals surface area contributed by atoms with Crippen molar-refractivity contribution in [2.75, 3.05) is 14.2 Å². The fraction of sp³-hybridized carbons (Fsp3) is 0.263. The molecule has 0 spiro atoms. The van der Waals surface area contributed by atoms with Gasteiger partial charge < -0.3 is 14.2 Å². The average molecular weight is 328 g/mol. The summed E-state index contributed by atoms with van der Waals surface area (Å²) in [5, 5.41) is 0. The first kappa shape index (κ1) is 17.5. The van der Waals surface area contributed by atoms with E-state index in [9.17, 15) is 9.59 Å². The van der Waals surface area contributed by atoms with Gasteiger partial charge in [0, 0.05) is 0 Å². The van der Waals surface area contributed by atoms with E-state index in [2.05, 4.69) is 0 Å². The molecule has 0 aliphatic carbocycles. The highest BCUT2D eigenvalue weighted by Gasteiger charge is 2.10. The Kier molecular flexibility index (Phi) is 6.37. The summed E-state index contributed by atoms with van der Waals surface area (Å²) in [6, 6.07) is 15.1. The van der Waals surface area contributed by atoms with Gasteiger partial charge >= 0.3 is 11.9 Å². The van der Waals surface area contributed by atoms with Crippen LogP contribution in [0.1, 0.15) is 16.7 Å². The number of carbonyl (C=O) groups is 2. The Hall–Kier alpha value is -2.82. The Balaban J connectivity index is 2.17. The first-order valence-corrected chi connectivity index (χ1v) is 7.54. The van der Waals surface area contributed by atoms with E-state index < -0.39 is 0 Å². The molecule has 0 aromatic heterocycles. The molecule has 5 nitrogen and oxygen atoms in total. The van der Waals surface area contributed by atoms with Gasteiger partial charge in [0.05, 0.1) is 27.1 Å². The van der Waals surface area contributed by atoms with Crippen molar-refractivity contribution in [3.05, 3.63) is 65.2 Å². The maximum Gasteiger partial charge on any atom is 0.309 e. The predicted octanol–water partition coefficient (Wildman–Crippen LogP) is 2.70. The quantitative estimate of drug-likeness (QED) is 0.731. The van der Waals surface area contributed by atoms with E-state index in [1.54, 1.807) is 18.2 Å². The van der Waals surface area contributed by atoms with E-state index in [1.165, 1.54) is 14.2 Å². The molecule has 0 heterocycles. The smallest absolute Gasteiger partial charge is 0.309 e. The summed E-state index contributed by atoms with van der Waals surface area (Å²) >= 11 is 0. The number of carbonyl (C=O) groups excluding carboxylic acids is 2. The molecule has 0 aliphatic rings. The molecule has 126 valence electrons. The van der Waals surface area contributed by atoms with Gasteiger partial charge in [0.1, 0.15) is 12.4 Å². The highest BCUT2D eigenvalue weighted by Crippen LogP contribution is 2.20. The summed E-state index contributed by atoms with van der Waals surface area (Å²) < 4.78 is 15.2. The van der Waals surface area contributed by atoms with E-state index in [0.29, 0.717) is 12.4 Å². The van der Waals surface area contributed by atoms with Crippen molar-refractivity contribution in [2.24, 2.45) is 0 Å². The van der Waals surface area contributed by atoms with Crippen LogP contribution in [0.25, 0.3) is 0 Å². The number of methoxy groups -OCH3 is 2. The van der Waals surface area contributed by atoms with Crippen LogP contribution in [0.3, 0.4) is 0 Å². The van der Waals surface area contributed by atoms with Crippen molar-refractivity contribution in [1.82, 2.24) is 0 Å². The van der Waals surface area contributed by atoms with Crippen molar-refractivity contribution in [3.63, 3.8) is 0 Å². The van der Waals surface area contributed by atoms with Crippen LogP contribution in [0.15, 0.2) is 48.5 Å². The molecule has 2 aromatic rings. The van der Waals surface area contributed by atoms with E-state index in [4.69, 9.17) is 14.2 Å². The lowest BCUT2D eigenvalue weighted by atomic mass is 10.1. The molecular weight excluding hydrogens is 308 g/mol. The molecule has 5 heteroatoms. The second-order valence-electron chi connectivity index (χ2n) is 5.27. The number of esters is 2. The first-order valence-electron chi connectivity index (χ1n) is 7.54. The fourth-order valence-electron chi connectivity index (χ4n) is 2.23. The molecule has 0 radical (unpaired) electrons. The van der Waals surface area contributed by atoms with E-state index in [0.717, 1.165) is 16.7 Å². The highest BCUT2D eigenvalue weighted by atomic mass is 16.5.